The van der Waals surface area contributed by atoms with E-state index in [9.17, 15) is 4.79 Å². The minimum Gasteiger partial charge on any atom is -0.497 e. The van der Waals surface area contributed by atoms with E-state index in [4.69, 9.17) is 14.5 Å². The van der Waals surface area contributed by atoms with Gasteiger partial charge in [0, 0.05) is 30.1 Å². The highest BCUT2D eigenvalue weighted by atomic mass is 16.5. The number of ether oxygens (including phenoxy) is 2. The Morgan fingerprint density at radius 3 is 2.47 bits per heavy atom. The molecule has 5 rings (SSSR count). The van der Waals surface area contributed by atoms with Crippen molar-refractivity contribution in [2.24, 2.45) is 0 Å². The van der Waals surface area contributed by atoms with Gasteiger partial charge in [-0.3, -0.25) is 4.79 Å². The van der Waals surface area contributed by atoms with Gasteiger partial charge in [-0.2, -0.15) is 0 Å². The Kier molecular flexibility index (Phi) is 5.27. The molecule has 162 valence electrons. The number of nitrogens with zero attached hydrogens (tertiary/aromatic N) is 3. The van der Waals surface area contributed by atoms with Gasteiger partial charge in [0.1, 0.15) is 17.3 Å². The molecule has 32 heavy (non-hydrogen) atoms. The van der Waals surface area contributed by atoms with Crippen LogP contribution in [0.25, 0.3) is 11.0 Å². The summed E-state index contributed by atoms with van der Waals surface area (Å²) in [6.45, 7) is 1.23. The topological polar surface area (TPSA) is 56.6 Å². The van der Waals surface area contributed by atoms with Crippen LogP contribution in [0.5, 0.6) is 11.5 Å². The van der Waals surface area contributed by atoms with Gasteiger partial charge in [-0.15, -0.1) is 0 Å². The summed E-state index contributed by atoms with van der Waals surface area (Å²) in [4.78, 5) is 19.7. The molecule has 0 radical (unpaired) electrons. The summed E-state index contributed by atoms with van der Waals surface area (Å²) in [5.41, 5.74) is 3.96. The Morgan fingerprint density at radius 1 is 0.938 bits per heavy atom. The number of benzene rings is 3. The van der Waals surface area contributed by atoms with Gasteiger partial charge in [0.25, 0.3) is 0 Å². The number of fused-ring (bicyclic) bond motifs is 1. The van der Waals surface area contributed by atoms with Crippen molar-refractivity contribution in [2.75, 3.05) is 25.7 Å². The molecule has 1 saturated heterocycles. The van der Waals surface area contributed by atoms with E-state index in [0.29, 0.717) is 19.5 Å². The number of rotatable bonds is 6. The molecule has 0 saturated carbocycles. The first-order chi connectivity index (χ1) is 15.7. The summed E-state index contributed by atoms with van der Waals surface area (Å²) < 4.78 is 13.0. The standard InChI is InChI=1S/C26H25N3O3/c1-31-21-13-11-20(12-14-21)28-17-19(15-25(28)30)26-27-22-8-4-5-9-23(22)29(26)16-18-7-3-6-10-24(18)32-2/h3-14,19H,15-17H2,1-2H3. The van der Waals surface area contributed by atoms with E-state index < -0.39 is 0 Å². The van der Waals surface area contributed by atoms with Crippen molar-refractivity contribution < 1.29 is 14.3 Å². The molecular weight excluding hydrogens is 402 g/mol. The summed E-state index contributed by atoms with van der Waals surface area (Å²) in [5, 5.41) is 0. The molecule has 1 fully saturated rings. The second kappa shape index (κ2) is 8.38. The Balaban J connectivity index is 1.51. The van der Waals surface area contributed by atoms with Crippen molar-refractivity contribution in [1.82, 2.24) is 9.55 Å². The molecule has 1 unspecified atom stereocenters. The van der Waals surface area contributed by atoms with Crippen LogP contribution in [-0.2, 0) is 11.3 Å². The number of hydrogen-bond donors (Lipinski definition) is 0. The third-order valence-corrected chi connectivity index (χ3v) is 6.08. The highest BCUT2D eigenvalue weighted by Gasteiger charge is 2.35. The summed E-state index contributed by atoms with van der Waals surface area (Å²) in [7, 11) is 3.33. The van der Waals surface area contributed by atoms with Gasteiger partial charge < -0.3 is 18.9 Å². The lowest BCUT2D eigenvalue weighted by Gasteiger charge is -2.18. The molecule has 3 aromatic carbocycles. The van der Waals surface area contributed by atoms with Crippen molar-refractivity contribution in [1.29, 1.82) is 0 Å². The van der Waals surface area contributed by atoms with Crippen LogP contribution >= 0.6 is 0 Å². The zero-order valence-electron chi connectivity index (χ0n) is 18.2. The molecule has 1 aliphatic rings. The summed E-state index contributed by atoms with van der Waals surface area (Å²) in [5.74, 6) is 2.67. The smallest absolute Gasteiger partial charge is 0.227 e. The maximum atomic E-state index is 12.9. The lowest BCUT2D eigenvalue weighted by molar-refractivity contribution is -0.117. The summed E-state index contributed by atoms with van der Waals surface area (Å²) >= 11 is 0. The van der Waals surface area contributed by atoms with Gasteiger partial charge in [0.2, 0.25) is 5.91 Å². The number of para-hydroxylation sites is 3. The van der Waals surface area contributed by atoms with Gasteiger partial charge in [0.05, 0.1) is 31.8 Å². The largest absolute Gasteiger partial charge is 0.497 e. The number of carbonyl (C=O) groups is 1. The first kappa shape index (κ1) is 20.1. The molecule has 6 heteroatoms. The van der Waals surface area contributed by atoms with Crippen LogP contribution in [0.1, 0.15) is 23.7 Å². The Hall–Kier alpha value is -3.80. The molecule has 2 heterocycles. The Bertz CT molecular complexity index is 1260. The normalized spacial score (nSPS) is 16.0. The lowest BCUT2D eigenvalue weighted by Crippen LogP contribution is -2.24. The number of methoxy groups -OCH3 is 2. The first-order valence-corrected chi connectivity index (χ1v) is 10.7. The quantitative estimate of drug-likeness (QED) is 0.451. The summed E-state index contributed by atoms with van der Waals surface area (Å²) in [6.07, 6.45) is 0.432. The van der Waals surface area contributed by atoms with Crippen LogP contribution in [0.15, 0.2) is 72.8 Å². The fourth-order valence-corrected chi connectivity index (χ4v) is 4.47. The van der Waals surface area contributed by atoms with Crippen LogP contribution in [0.2, 0.25) is 0 Å². The maximum Gasteiger partial charge on any atom is 0.227 e. The fourth-order valence-electron chi connectivity index (χ4n) is 4.47. The van der Waals surface area contributed by atoms with Gasteiger partial charge in [-0.1, -0.05) is 30.3 Å². The second-order valence-electron chi connectivity index (χ2n) is 7.96. The van der Waals surface area contributed by atoms with Crippen molar-refractivity contribution in [2.45, 2.75) is 18.9 Å². The SMILES string of the molecule is COc1ccc(N2CC(c3nc4ccccc4n3Cc3ccccc3OC)CC2=O)cc1. The molecule has 0 bridgehead atoms. The third-order valence-electron chi connectivity index (χ3n) is 6.08. The molecule has 1 amide bonds. The lowest BCUT2D eigenvalue weighted by atomic mass is 10.1. The molecule has 1 atom stereocenters. The second-order valence-corrected chi connectivity index (χ2v) is 7.96. The monoisotopic (exact) mass is 427 g/mol. The molecule has 0 aliphatic carbocycles. The average Bonchev–Trinajstić information content (AvgIpc) is 3.40. The average molecular weight is 428 g/mol. The number of imidazole rings is 1. The third kappa shape index (κ3) is 3.58. The number of carbonyl (C=O) groups excluding carboxylic acids is 1. The van der Waals surface area contributed by atoms with Crippen molar-refractivity contribution in [3.05, 3.63) is 84.2 Å². The number of aromatic nitrogens is 2. The van der Waals surface area contributed by atoms with Crippen LogP contribution in [0.3, 0.4) is 0 Å². The number of anilines is 1. The van der Waals surface area contributed by atoms with Crippen molar-refractivity contribution >= 4 is 22.6 Å². The van der Waals surface area contributed by atoms with Gasteiger partial charge >= 0.3 is 0 Å². The molecule has 1 aromatic heterocycles. The van der Waals surface area contributed by atoms with E-state index in [2.05, 4.69) is 16.7 Å². The van der Waals surface area contributed by atoms with E-state index in [0.717, 1.165) is 39.6 Å². The molecular formula is C26H25N3O3. The van der Waals surface area contributed by atoms with Crippen molar-refractivity contribution in [3.63, 3.8) is 0 Å². The van der Waals surface area contributed by atoms with Crippen LogP contribution in [-0.4, -0.2) is 36.2 Å². The minimum atomic E-state index is 0.00621. The van der Waals surface area contributed by atoms with Crippen molar-refractivity contribution in [3.8, 4) is 11.5 Å². The Morgan fingerprint density at radius 2 is 1.69 bits per heavy atom. The van der Waals surface area contributed by atoms with E-state index >= 15 is 0 Å². The van der Waals surface area contributed by atoms with Gasteiger partial charge in [0.15, 0.2) is 0 Å². The zero-order valence-corrected chi connectivity index (χ0v) is 18.2. The predicted octanol–water partition coefficient (Wildman–Crippen LogP) is 4.62. The zero-order chi connectivity index (χ0) is 22.1. The van der Waals surface area contributed by atoms with Crippen LogP contribution in [0.4, 0.5) is 5.69 Å². The summed E-state index contributed by atoms with van der Waals surface area (Å²) in [6, 6.07) is 23.8. The molecule has 6 nitrogen and oxygen atoms in total. The molecule has 1 aliphatic heterocycles. The van der Waals surface area contributed by atoms with Crippen LogP contribution in [0, 0.1) is 0 Å². The highest BCUT2D eigenvalue weighted by molar-refractivity contribution is 5.96. The maximum absolute atomic E-state index is 12.9. The van der Waals surface area contributed by atoms with E-state index in [1.807, 2.05) is 65.6 Å². The fraction of sp³-hybridized carbons (Fsp3) is 0.231. The molecule has 4 aromatic rings. The van der Waals surface area contributed by atoms with Crippen LogP contribution < -0.4 is 14.4 Å². The van der Waals surface area contributed by atoms with E-state index in [1.165, 1.54) is 0 Å². The first-order valence-electron chi connectivity index (χ1n) is 10.7. The minimum absolute atomic E-state index is 0.00621. The molecule has 0 N–H and O–H groups in total. The highest BCUT2D eigenvalue weighted by Crippen LogP contribution is 2.34. The van der Waals surface area contributed by atoms with E-state index in [-0.39, 0.29) is 11.8 Å². The Labute approximate surface area is 187 Å². The van der Waals surface area contributed by atoms with Gasteiger partial charge in [-0.25, -0.2) is 4.98 Å². The van der Waals surface area contributed by atoms with Gasteiger partial charge in [-0.05, 0) is 42.5 Å². The van der Waals surface area contributed by atoms with E-state index in [1.54, 1.807) is 14.2 Å². The molecule has 0 spiro atoms. The predicted molar refractivity (Wildman–Crippen MR) is 125 cm³/mol. The number of amides is 1. The number of hydrogen-bond acceptors (Lipinski definition) is 4.